The third-order valence-electron chi connectivity index (χ3n) is 4.69. The van der Waals surface area contributed by atoms with Crippen molar-refractivity contribution in [1.29, 1.82) is 0 Å². The van der Waals surface area contributed by atoms with E-state index in [-0.39, 0.29) is 12.3 Å². The molecule has 0 fully saturated rings. The van der Waals surface area contributed by atoms with Gasteiger partial charge in [0, 0.05) is 19.6 Å². The van der Waals surface area contributed by atoms with E-state index in [1.165, 1.54) is 0 Å². The average Bonchev–Trinajstić information content (AvgIpc) is 2.76. The van der Waals surface area contributed by atoms with Crippen LogP contribution in [-0.4, -0.2) is 48.9 Å². The Balaban J connectivity index is 2.07. The summed E-state index contributed by atoms with van der Waals surface area (Å²) >= 11 is 0. The predicted octanol–water partition coefficient (Wildman–Crippen LogP) is 3.94. The average molecular weight is 430 g/mol. The number of hydrogen-bond donors (Lipinski definition) is 1. The molecule has 0 saturated carbocycles. The number of benzene rings is 2. The van der Waals surface area contributed by atoms with Crippen LogP contribution >= 0.6 is 0 Å². The molecule has 0 saturated heterocycles. The van der Waals surface area contributed by atoms with Gasteiger partial charge in [-0.3, -0.25) is 4.79 Å². The highest BCUT2D eigenvalue weighted by atomic mass is 16.5. The highest BCUT2D eigenvalue weighted by molar-refractivity contribution is 5.97. The zero-order valence-corrected chi connectivity index (χ0v) is 18.5. The van der Waals surface area contributed by atoms with Crippen molar-refractivity contribution >= 4 is 17.6 Å². The lowest BCUT2D eigenvalue weighted by Gasteiger charge is -2.26. The van der Waals surface area contributed by atoms with Crippen LogP contribution in [0, 0.1) is 0 Å². The standard InChI is InChI=1S/C24H31NO6/c1-5-25(20-10-8-9-11-21(20)29-6-2)23(26)17(4)31-19-14-12-18(13-15-19)16-22(24(27)28)30-7-3/h8-15,17,22H,5-7,16H2,1-4H3,(H,27,28). The van der Waals surface area contributed by atoms with Crippen LogP contribution in [0.25, 0.3) is 0 Å². The number of likely N-dealkylation sites (N-methyl/N-ethyl adjacent to an activating group) is 1. The van der Waals surface area contributed by atoms with E-state index in [0.29, 0.717) is 36.9 Å². The Bertz CT molecular complexity index is 851. The van der Waals surface area contributed by atoms with Crippen molar-refractivity contribution < 1.29 is 28.9 Å². The summed E-state index contributed by atoms with van der Waals surface area (Å²) in [6.45, 7) is 8.58. The minimum Gasteiger partial charge on any atom is -0.492 e. The lowest BCUT2D eigenvalue weighted by molar-refractivity contribution is -0.150. The van der Waals surface area contributed by atoms with E-state index < -0.39 is 18.2 Å². The fraction of sp³-hybridized carbons (Fsp3) is 0.417. The first kappa shape index (κ1) is 24.2. The van der Waals surface area contributed by atoms with Crippen molar-refractivity contribution in [2.24, 2.45) is 0 Å². The number of ether oxygens (including phenoxy) is 3. The fourth-order valence-electron chi connectivity index (χ4n) is 3.21. The maximum Gasteiger partial charge on any atom is 0.333 e. The lowest BCUT2D eigenvalue weighted by atomic mass is 10.1. The largest absolute Gasteiger partial charge is 0.492 e. The van der Waals surface area contributed by atoms with Gasteiger partial charge in [0.1, 0.15) is 11.5 Å². The topological polar surface area (TPSA) is 85.3 Å². The maximum atomic E-state index is 13.1. The summed E-state index contributed by atoms with van der Waals surface area (Å²) in [5, 5.41) is 9.22. The van der Waals surface area contributed by atoms with Crippen molar-refractivity contribution in [3.8, 4) is 11.5 Å². The van der Waals surface area contributed by atoms with E-state index in [1.54, 1.807) is 43.0 Å². The molecule has 2 aromatic carbocycles. The smallest absolute Gasteiger partial charge is 0.333 e. The number of hydrogen-bond acceptors (Lipinski definition) is 5. The molecule has 0 aliphatic rings. The van der Waals surface area contributed by atoms with Crippen molar-refractivity contribution in [3.63, 3.8) is 0 Å². The second-order valence-corrected chi connectivity index (χ2v) is 6.87. The van der Waals surface area contributed by atoms with Crippen LogP contribution in [0.1, 0.15) is 33.3 Å². The molecule has 31 heavy (non-hydrogen) atoms. The normalized spacial score (nSPS) is 12.6. The van der Waals surface area contributed by atoms with E-state index in [4.69, 9.17) is 14.2 Å². The summed E-state index contributed by atoms with van der Waals surface area (Å²) in [7, 11) is 0. The molecule has 2 unspecified atom stereocenters. The summed E-state index contributed by atoms with van der Waals surface area (Å²) in [6.07, 6.45) is -1.34. The van der Waals surface area contributed by atoms with Crippen LogP contribution in [0.2, 0.25) is 0 Å². The number of carboxylic acids is 1. The Morgan fingerprint density at radius 1 is 1.00 bits per heavy atom. The molecule has 0 aliphatic carbocycles. The number of nitrogens with zero attached hydrogens (tertiary/aromatic N) is 1. The number of amides is 1. The molecule has 2 atom stereocenters. The lowest BCUT2D eigenvalue weighted by Crippen LogP contribution is -2.40. The Morgan fingerprint density at radius 3 is 2.26 bits per heavy atom. The molecule has 0 spiro atoms. The van der Waals surface area contributed by atoms with E-state index in [9.17, 15) is 14.7 Å². The molecule has 7 nitrogen and oxygen atoms in total. The molecule has 168 valence electrons. The third-order valence-corrected chi connectivity index (χ3v) is 4.69. The van der Waals surface area contributed by atoms with Crippen molar-refractivity contribution in [1.82, 2.24) is 0 Å². The Labute approximate surface area is 183 Å². The van der Waals surface area contributed by atoms with Crippen LogP contribution in [0.3, 0.4) is 0 Å². The molecular weight excluding hydrogens is 398 g/mol. The quantitative estimate of drug-likeness (QED) is 0.550. The highest BCUT2D eigenvalue weighted by Gasteiger charge is 2.25. The molecule has 0 heterocycles. The van der Waals surface area contributed by atoms with Gasteiger partial charge >= 0.3 is 5.97 Å². The van der Waals surface area contributed by atoms with Crippen molar-refractivity contribution in [2.75, 3.05) is 24.7 Å². The van der Waals surface area contributed by atoms with Gasteiger partial charge in [0.25, 0.3) is 5.91 Å². The van der Waals surface area contributed by atoms with Gasteiger partial charge < -0.3 is 24.2 Å². The summed E-state index contributed by atoms with van der Waals surface area (Å²) in [6, 6.07) is 14.5. The number of carboxylic acid groups (broad SMARTS) is 1. The van der Waals surface area contributed by atoms with Crippen LogP contribution in [0.4, 0.5) is 5.69 Å². The van der Waals surface area contributed by atoms with Gasteiger partial charge in [0.2, 0.25) is 0 Å². The molecule has 0 bridgehead atoms. The first-order valence-electron chi connectivity index (χ1n) is 10.5. The van der Waals surface area contributed by atoms with Gasteiger partial charge in [0.15, 0.2) is 12.2 Å². The first-order chi connectivity index (χ1) is 14.9. The zero-order chi connectivity index (χ0) is 22.8. The SMILES string of the molecule is CCOc1ccccc1N(CC)C(=O)C(C)Oc1ccc(CC(OCC)C(=O)O)cc1. The van der Waals surface area contributed by atoms with E-state index in [1.807, 2.05) is 38.1 Å². The van der Waals surface area contributed by atoms with Gasteiger partial charge in [-0.15, -0.1) is 0 Å². The molecule has 2 aromatic rings. The molecule has 1 amide bonds. The summed E-state index contributed by atoms with van der Waals surface area (Å²) in [4.78, 5) is 26.0. The minimum atomic E-state index is -0.992. The molecule has 0 radical (unpaired) electrons. The summed E-state index contributed by atoms with van der Waals surface area (Å²) in [5.41, 5.74) is 1.52. The van der Waals surface area contributed by atoms with E-state index in [0.717, 1.165) is 5.56 Å². The van der Waals surface area contributed by atoms with E-state index in [2.05, 4.69) is 0 Å². The predicted molar refractivity (Wildman–Crippen MR) is 119 cm³/mol. The van der Waals surface area contributed by atoms with Gasteiger partial charge in [-0.2, -0.15) is 0 Å². The van der Waals surface area contributed by atoms with Gasteiger partial charge in [-0.1, -0.05) is 24.3 Å². The molecule has 0 aromatic heterocycles. The fourth-order valence-corrected chi connectivity index (χ4v) is 3.21. The molecule has 1 N–H and O–H groups in total. The number of para-hydroxylation sites is 2. The number of carbonyl (C=O) groups is 2. The second-order valence-electron chi connectivity index (χ2n) is 6.87. The Hall–Kier alpha value is -3.06. The first-order valence-corrected chi connectivity index (χ1v) is 10.5. The van der Waals surface area contributed by atoms with Gasteiger partial charge in [0.05, 0.1) is 12.3 Å². The maximum absolute atomic E-state index is 13.1. The third kappa shape index (κ3) is 6.72. The molecule has 7 heteroatoms. The van der Waals surface area contributed by atoms with Crippen LogP contribution in [0.15, 0.2) is 48.5 Å². The monoisotopic (exact) mass is 429 g/mol. The van der Waals surface area contributed by atoms with Crippen molar-refractivity contribution in [3.05, 3.63) is 54.1 Å². The van der Waals surface area contributed by atoms with Gasteiger partial charge in [-0.25, -0.2) is 4.79 Å². The van der Waals surface area contributed by atoms with Crippen LogP contribution in [-0.2, 0) is 20.7 Å². The zero-order valence-electron chi connectivity index (χ0n) is 18.5. The summed E-state index contributed by atoms with van der Waals surface area (Å²) < 4.78 is 16.8. The second kappa shape index (κ2) is 12.0. The van der Waals surface area contributed by atoms with Crippen LogP contribution in [0.5, 0.6) is 11.5 Å². The number of rotatable bonds is 12. The van der Waals surface area contributed by atoms with Crippen molar-refractivity contribution in [2.45, 2.75) is 46.3 Å². The number of anilines is 1. The Morgan fingerprint density at radius 2 is 1.68 bits per heavy atom. The minimum absolute atomic E-state index is 0.180. The summed E-state index contributed by atoms with van der Waals surface area (Å²) in [5.74, 6) is 0.00969. The Kier molecular flexibility index (Phi) is 9.34. The number of carbonyl (C=O) groups excluding carboxylic acids is 1. The van der Waals surface area contributed by atoms with Crippen LogP contribution < -0.4 is 14.4 Å². The number of aliphatic carboxylic acids is 1. The molecular formula is C24H31NO6. The van der Waals surface area contributed by atoms with Gasteiger partial charge in [-0.05, 0) is 57.5 Å². The highest BCUT2D eigenvalue weighted by Crippen LogP contribution is 2.29. The van der Waals surface area contributed by atoms with E-state index >= 15 is 0 Å². The molecule has 2 rings (SSSR count). The molecule has 0 aliphatic heterocycles.